The molecule has 46 heavy (non-hydrogen) atoms. The highest BCUT2D eigenvalue weighted by Gasteiger charge is 2.15. The molecule has 0 bridgehead atoms. The lowest BCUT2D eigenvalue weighted by molar-refractivity contribution is 1.30. The molecule has 0 aliphatic heterocycles. The number of rotatable bonds is 5. The summed E-state index contributed by atoms with van der Waals surface area (Å²) < 4.78 is 2.64. The first kappa shape index (κ1) is 26.7. The molecule has 216 valence electrons. The number of anilines is 3. The van der Waals surface area contributed by atoms with Crippen LogP contribution in [0.25, 0.3) is 64.0 Å². The van der Waals surface area contributed by atoms with Crippen molar-refractivity contribution < 1.29 is 0 Å². The predicted molar refractivity (Wildman–Crippen MR) is 200 cm³/mol. The van der Waals surface area contributed by atoms with Gasteiger partial charge in [-0.25, -0.2) is 0 Å². The van der Waals surface area contributed by atoms with E-state index in [0.717, 1.165) is 17.1 Å². The molecule has 1 nitrogen and oxygen atoms in total. The maximum atomic E-state index is 2.37. The summed E-state index contributed by atoms with van der Waals surface area (Å²) in [5.74, 6) is 0. The van der Waals surface area contributed by atoms with Crippen LogP contribution in [0.5, 0.6) is 0 Å². The Bertz CT molecular complexity index is 2530. The van der Waals surface area contributed by atoms with Crippen molar-refractivity contribution in [2.75, 3.05) is 4.90 Å². The minimum Gasteiger partial charge on any atom is -0.310 e. The van der Waals surface area contributed by atoms with E-state index >= 15 is 0 Å². The second-order valence-electron chi connectivity index (χ2n) is 11.8. The lowest BCUT2D eigenvalue weighted by Gasteiger charge is -2.26. The summed E-state index contributed by atoms with van der Waals surface area (Å²) in [5, 5.41) is 7.56. The normalized spacial score (nSPS) is 11.5. The van der Waals surface area contributed by atoms with Gasteiger partial charge in [0.05, 0.1) is 0 Å². The number of para-hydroxylation sites is 1. The predicted octanol–water partition coefficient (Wildman–Crippen LogP) is 13.2. The van der Waals surface area contributed by atoms with Crippen LogP contribution in [0.3, 0.4) is 0 Å². The largest absolute Gasteiger partial charge is 0.310 e. The number of benzene rings is 8. The Morgan fingerprint density at radius 2 is 0.848 bits per heavy atom. The molecule has 0 saturated carbocycles. The van der Waals surface area contributed by atoms with E-state index in [0.29, 0.717) is 0 Å². The van der Waals surface area contributed by atoms with Gasteiger partial charge in [0.25, 0.3) is 0 Å². The zero-order valence-electron chi connectivity index (χ0n) is 25.1. The van der Waals surface area contributed by atoms with Gasteiger partial charge in [-0.1, -0.05) is 109 Å². The lowest BCUT2D eigenvalue weighted by Crippen LogP contribution is -2.09. The fraction of sp³-hybridized carbons (Fsp3) is 0. The summed E-state index contributed by atoms with van der Waals surface area (Å²) in [6.45, 7) is 0. The first-order valence-electron chi connectivity index (χ1n) is 15.7. The Balaban J connectivity index is 1.13. The number of thiophene rings is 1. The third-order valence-corrected chi connectivity index (χ3v) is 10.1. The van der Waals surface area contributed by atoms with Gasteiger partial charge in [-0.05, 0) is 111 Å². The first-order valence-corrected chi connectivity index (χ1v) is 16.5. The maximum Gasteiger partial charge on any atom is 0.0468 e. The Labute approximate surface area is 272 Å². The number of hydrogen-bond donors (Lipinski definition) is 0. The van der Waals surface area contributed by atoms with Gasteiger partial charge in [0.2, 0.25) is 0 Å². The molecule has 8 aromatic carbocycles. The van der Waals surface area contributed by atoms with Crippen LogP contribution in [0, 0.1) is 0 Å². The third kappa shape index (κ3) is 4.72. The highest BCUT2D eigenvalue weighted by Crippen LogP contribution is 2.41. The Kier molecular flexibility index (Phi) is 6.40. The molecule has 0 aliphatic carbocycles. The molecule has 0 saturated heterocycles. The molecule has 9 aromatic rings. The minimum absolute atomic E-state index is 1.14. The summed E-state index contributed by atoms with van der Waals surface area (Å²) in [7, 11) is 0. The first-order chi connectivity index (χ1) is 22.8. The number of fused-ring (bicyclic) bond motifs is 5. The monoisotopic (exact) mass is 603 g/mol. The van der Waals surface area contributed by atoms with Crippen molar-refractivity contribution >= 4 is 70.1 Å². The maximum absolute atomic E-state index is 2.37. The van der Waals surface area contributed by atoms with Gasteiger partial charge in [-0.3, -0.25) is 0 Å². The number of nitrogens with zero attached hydrogens (tertiary/aromatic N) is 1. The van der Waals surface area contributed by atoms with E-state index in [4.69, 9.17) is 0 Å². The molecule has 2 heteroatoms. The van der Waals surface area contributed by atoms with Gasteiger partial charge in [0.1, 0.15) is 0 Å². The molecular weight excluding hydrogens is 575 g/mol. The topological polar surface area (TPSA) is 3.24 Å². The molecule has 0 amide bonds. The molecule has 0 fully saturated rings. The highest BCUT2D eigenvalue weighted by molar-refractivity contribution is 7.25. The molecule has 0 atom stereocenters. The van der Waals surface area contributed by atoms with Crippen molar-refractivity contribution in [3.63, 3.8) is 0 Å². The SMILES string of the molecule is c1ccc(-c2ccc3cc(-c4ccc5ccc(N(c6ccccc6)c6ccc7sc8ccccc8c7c6)cc5c4)ccc3c2)cc1. The van der Waals surface area contributed by atoms with E-state index in [1.807, 2.05) is 11.3 Å². The van der Waals surface area contributed by atoms with Crippen molar-refractivity contribution in [1.82, 2.24) is 0 Å². The quantitative estimate of drug-likeness (QED) is 0.189. The zero-order valence-corrected chi connectivity index (χ0v) is 25.9. The van der Waals surface area contributed by atoms with Crippen molar-refractivity contribution in [2.24, 2.45) is 0 Å². The molecule has 0 unspecified atom stereocenters. The van der Waals surface area contributed by atoms with Gasteiger partial charge < -0.3 is 4.90 Å². The molecule has 0 spiro atoms. The summed E-state index contributed by atoms with van der Waals surface area (Å²) >= 11 is 1.86. The van der Waals surface area contributed by atoms with Crippen LogP contribution in [0.1, 0.15) is 0 Å². The van der Waals surface area contributed by atoms with Gasteiger partial charge in [0, 0.05) is 37.2 Å². The Morgan fingerprint density at radius 1 is 0.304 bits per heavy atom. The standard InChI is InChI=1S/C44H29NS/c1-3-9-30(10-4-1)32-17-18-34-26-35(20-19-33(34)25-32)36-16-15-31-21-22-39(28-37(31)27-36)45(38-11-5-2-6-12-38)40-23-24-44-42(29-40)41-13-7-8-14-43(41)46-44/h1-29H. The average Bonchev–Trinajstić information content (AvgIpc) is 3.50. The highest BCUT2D eigenvalue weighted by atomic mass is 32.1. The van der Waals surface area contributed by atoms with Crippen LogP contribution in [-0.2, 0) is 0 Å². The second kappa shape index (κ2) is 11.0. The van der Waals surface area contributed by atoms with Gasteiger partial charge >= 0.3 is 0 Å². The molecule has 1 aromatic heterocycles. The second-order valence-corrected chi connectivity index (χ2v) is 12.9. The van der Waals surface area contributed by atoms with Gasteiger partial charge in [0.15, 0.2) is 0 Å². The Hall–Kier alpha value is -5.70. The smallest absolute Gasteiger partial charge is 0.0468 e. The van der Waals surface area contributed by atoms with E-state index in [1.54, 1.807) is 0 Å². The van der Waals surface area contributed by atoms with Gasteiger partial charge in [-0.2, -0.15) is 0 Å². The molecule has 1 heterocycles. The van der Waals surface area contributed by atoms with Crippen LogP contribution < -0.4 is 4.90 Å². The number of hydrogen-bond acceptors (Lipinski definition) is 2. The van der Waals surface area contributed by atoms with E-state index in [9.17, 15) is 0 Å². The molecule has 0 radical (unpaired) electrons. The Morgan fingerprint density at radius 3 is 1.61 bits per heavy atom. The molecule has 9 rings (SSSR count). The molecule has 0 N–H and O–H groups in total. The summed E-state index contributed by atoms with van der Waals surface area (Å²) in [6.07, 6.45) is 0. The van der Waals surface area contributed by atoms with Crippen molar-refractivity contribution in [3.8, 4) is 22.3 Å². The summed E-state index contributed by atoms with van der Waals surface area (Å²) in [4.78, 5) is 2.37. The summed E-state index contributed by atoms with van der Waals surface area (Å²) in [6, 6.07) is 64.0. The van der Waals surface area contributed by atoms with Crippen molar-refractivity contribution in [3.05, 3.63) is 176 Å². The minimum atomic E-state index is 1.14. The summed E-state index contributed by atoms with van der Waals surface area (Å²) in [5.41, 5.74) is 8.36. The zero-order chi connectivity index (χ0) is 30.5. The third-order valence-electron chi connectivity index (χ3n) is 9.00. The van der Waals surface area contributed by atoms with E-state index in [1.165, 1.54) is 64.0 Å². The molecular formula is C44H29NS. The van der Waals surface area contributed by atoms with Gasteiger partial charge in [-0.15, -0.1) is 11.3 Å². The van der Waals surface area contributed by atoms with E-state index in [-0.39, 0.29) is 0 Å². The van der Waals surface area contributed by atoms with Crippen molar-refractivity contribution in [2.45, 2.75) is 0 Å². The molecule has 0 aliphatic rings. The fourth-order valence-electron chi connectivity index (χ4n) is 6.67. The van der Waals surface area contributed by atoms with Crippen LogP contribution in [0.4, 0.5) is 17.1 Å². The fourth-order valence-corrected chi connectivity index (χ4v) is 7.75. The van der Waals surface area contributed by atoms with Crippen molar-refractivity contribution in [1.29, 1.82) is 0 Å². The van der Waals surface area contributed by atoms with E-state index < -0.39 is 0 Å². The van der Waals surface area contributed by atoms with Crippen LogP contribution in [0.15, 0.2) is 176 Å². The lowest BCUT2D eigenvalue weighted by atomic mass is 9.96. The van der Waals surface area contributed by atoms with Crippen LogP contribution >= 0.6 is 11.3 Å². The average molecular weight is 604 g/mol. The van der Waals surface area contributed by atoms with E-state index in [2.05, 4.69) is 181 Å². The van der Waals surface area contributed by atoms with Crippen LogP contribution in [0.2, 0.25) is 0 Å². The van der Waals surface area contributed by atoms with Crippen LogP contribution in [-0.4, -0.2) is 0 Å².